The fourth-order valence-electron chi connectivity index (χ4n) is 1.71. The number of nitrogens with one attached hydrogen (secondary N) is 2. The number of benzene rings is 1. The second kappa shape index (κ2) is 6.29. The first-order valence-corrected chi connectivity index (χ1v) is 5.94. The Morgan fingerprint density at radius 2 is 1.84 bits per heavy atom. The Kier molecular flexibility index (Phi) is 4.46. The van der Waals surface area contributed by atoms with Crippen LogP contribution in [0.5, 0.6) is 0 Å². The van der Waals surface area contributed by atoms with Crippen molar-refractivity contribution in [2.24, 2.45) is 0 Å². The van der Waals surface area contributed by atoms with Crippen LogP contribution in [0, 0.1) is 11.6 Å². The number of anilines is 1. The first-order chi connectivity index (χ1) is 9.16. The molecule has 1 saturated heterocycles. The van der Waals surface area contributed by atoms with E-state index >= 15 is 0 Å². The zero-order valence-corrected chi connectivity index (χ0v) is 10.2. The maximum Gasteiger partial charge on any atom is 0.323 e. The summed E-state index contributed by atoms with van der Waals surface area (Å²) in [6.07, 6.45) is 3.04. The lowest BCUT2D eigenvalue weighted by Gasteiger charge is -2.14. The van der Waals surface area contributed by atoms with Crippen LogP contribution < -0.4 is 10.6 Å². The summed E-state index contributed by atoms with van der Waals surface area (Å²) < 4.78 is 31.7. The number of ether oxygens (including phenoxy) is 1. The number of carbonyl (C=O) groups excluding carboxylic acids is 1. The lowest BCUT2D eigenvalue weighted by Crippen LogP contribution is -2.26. The molecule has 1 aliphatic rings. The van der Waals surface area contributed by atoms with Crippen molar-refractivity contribution < 1.29 is 18.3 Å². The molecule has 0 atom stereocenters. The second-order valence-electron chi connectivity index (χ2n) is 4.11. The fourth-order valence-corrected chi connectivity index (χ4v) is 1.71. The molecule has 1 aromatic carbocycles. The van der Waals surface area contributed by atoms with Crippen molar-refractivity contribution in [3.8, 4) is 0 Å². The summed E-state index contributed by atoms with van der Waals surface area (Å²) in [4.78, 5) is 11.5. The highest BCUT2D eigenvalue weighted by Crippen LogP contribution is 2.17. The van der Waals surface area contributed by atoms with Gasteiger partial charge in [-0.2, -0.15) is 0 Å². The molecule has 2 rings (SSSR count). The van der Waals surface area contributed by atoms with Gasteiger partial charge < -0.3 is 15.4 Å². The first kappa shape index (κ1) is 13.5. The van der Waals surface area contributed by atoms with Crippen LogP contribution in [0.2, 0.25) is 0 Å². The van der Waals surface area contributed by atoms with E-state index in [-0.39, 0.29) is 0 Å². The van der Waals surface area contributed by atoms with E-state index in [1.165, 1.54) is 6.07 Å². The zero-order chi connectivity index (χ0) is 13.7. The minimum Gasteiger partial charge on any atom is -0.381 e. The molecule has 2 amide bonds. The molecule has 6 heteroatoms. The average molecular weight is 268 g/mol. The van der Waals surface area contributed by atoms with Gasteiger partial charge in [-0.05, 0) is 30.5 Å². The quantitative estimate of drug-likeness (QED) is 0.866. The van der Waals surface area contributed by atoms with Crippen LogP contribution in [-0.2, 0) is 4.74 Å². The van der Waals surface area contributed by atoms with E-state index in [1.807, 2.05) is 0 Å². The molecule has 19 heavy (non-hydrogen) atoms. The summed E-state index contributed by atoms with van der Waals surface area (Å²) in [5.74, 6) is -1.62. The lowest BCUT2D eigenvalue weighted by molar-refractivity contribution is 0.119. The fraction of sp³-hybridized carbons (Fsp3) is 0.308. The molecule has 2 N–H and O–H groups in total. The molecule has 0 bridgehead atoms. The van der Waals surface area contributed by atoms with Gasteiger partial charge in [-0.1, -0.05) is 6.07 Å². The van der Waals surface area contributed by atoms with Gasteiger partial charge in [0, 0.05) is 6.20 Å². The van der Waals surface area contributed by atoms with Gasteiger partial charge in [-0.3, -0.25) is 0 Å². The van der Waals surface area contributed by atoms with Gasteiger partial charge in [0.25, 0.3) is 0 Å². The van der Waals surface area contributed by atoms with Crippen molar-refractivity contribution in [1.29, 1.82) is 0 Å². The molecule has 1 heterocycles. The van der Waals surface area contributed by atoms with E-state index in [0.29, 0.717) is 13.2 Å². The van der Waals surface area contributed by atoms with Gasteiger partial charge in [-0.25, -0.2) is 13.6 Å². The van der Waals surface area contributed by atoms with Crippen molar-refractivity contribution in [3.63, 3.8) is 0 Å². The van der Waals surface area contributed by atoms with E-state index in [0.717, 1.165) is 30.5 Å². The maximum absolute atomic E-state index is 13.3. The van der Waals surface area contributed by atoms with Crippen molar-refractivity contribution in [3.05, 3.63) is 41.6 Å². The average Bonchev–Trinajstić information content (AvgIpc) is 2.42. The van der Waals surface area contributed by atoms with E-state index in [2.05, 4.69) is 10.6 Å². The Balaban J connectivity index is 1.94. The van der Waals surface area contributed by atoms with E-state index in [1.54, 1.807) is 6.20 Å². The van der Waals surface area contributed by atoms with Crippen LogP contribution in [-0.4, -0.2) is 19.2 Å². The number of hydrogen-bond acceptors (Lipinski definition) is 2. The number of rotatable bonds is 2. The third-order valence-electron chi connectivity index (χ3n) is 2.74. The summed E-state index contributed by atoms with van der Waals surface area (Å²) in [6, 6.07) is 2.71. The maximum atomic E-state index is 13.3. The van der Waals surface area contributed by atoms with Crippen LogP contribution >= 0.6 is 0 Å². The van der Waals surface area contributed by atoms with Crippen molar-refractivity contribution >= 4 is 11.7 Å². The molecular weight excluding hydrogens is 254 g/mol. The van der Waals surface area contributed by atoms with Gasteiger partial charge in [0.05, 0.1) is 13.2 Å². The second-order valence-corrected chi connectivity index (χ2v) is 4.11. The normalized spacial score (nSPS) is 14.9. The summed E-state index contributed by atoms with van der Waals surface area (Å²) in [5.41, 5.74) is 0.584. The molecule has 1 aromatic rings. The van der Waals surface area contributed by atoms with Crippen LogP contribution in [0.15, 0.2) is 30.0 Å². The first-order valence-electron chi connectivity index (χ1n) is 5.94. The summed E-state index contributed by atoms with van der Waals surface area (Å²) in [6.45, 7) is 1.24. The largest absolute Gasteiger partial charge is 0.381 e. The number of hydrogen-bond donors (Lipinski definition) is 2. The van der Waals surface area contributed by atoms with Crippen molar-refractivity contribution in [1.82, 2.24) is 5.32 Å². The number of para-hydroxylation sites is 1. The zero-order valence-electron chi connectivity index (χ0n) is 10.2. The van der Waals surface area contributed by atoms with Gasteiger partial charge in [0.2, 0.25) is 0 Å². The lowest BCUT2D eigenvalue weighted by atomic mass is 10.1. The van der Waals surface area contributed by atoms with E-state index in [9.17, 15) is 13.6 Å². The monoisotopic (exact) mass is 268 g/mol. The summed E-state index contributed by atoms with van der Waals surface area (Å²) in [7, 11) is 0. The highest BCUT2D eigenvalue weighted by atomic mass is 19.1. The topological polar surface area (TPSA) is 50.4 Å². The molecule has 102 valence electrons. The Labute approximate surface area is 109 Å². The highest BCUT2D eigenvalue weighted by molar-refractivity contribution is 5.90. The smallest absolute Gasteiger partial charge is 0.323 e. The molecule has 4 nitrogen and oxygen atoms in total. The van der Waals surface area contributed by atoms with Crippen LogP contribution in [0.1, 0.15) is 12.8 Å². The number of halogens is 2. The molecule has 0 spiro atoms. The Morgan fingerprint density at radius 1 is 1.21 bits per heavy atom. The Hall–Kier alpha value is -1.95. The predicted octanol–water partition coefficient (Wildman–Crippen LogP) is 2.78. The number of carbonyl (C=O) groups is 1. The van der Waals surface area contributed by atoms with Crippen LogP contribution in [0.25, 0.3) is 0 Å². The molecule has 0 saturated carbocycles. The third kappa shape index (κ3) is 3.75. The molecular formula is C13H14F2N2O2. The SMILES string of the molecule is O=C(NC=C1CCOCC1)Nc1c(F)cccc1F. The van der Waals surface area contributed by atoms with Gasteiger partial charge in [0.1, 0.15) is 17.3 Å². The van der Waals surface area contributed by atoms with E-state index < -0.39 is 23.4 Å². The minimum absolute atomic E-state index is 0.453. The van der Waals surface area contributed by atoms with Crippen molar-refractivity contribution in [2.75, 3.05) is 18.5 Å². The van der Waals surface area contributed by atoms with Crippen LogP contribution in [0.4, 0.5) is 19.3 Å². The van der Waals surface area contributed by atoms with Gasteiger partial charge in [-0.15, -0.1) is 0 Å². The number of urea groups is 1. The molecule has 0 radical (unpaired) electrons. The highest BCUT2D eigenvalue weighted by Gasteiger charge is 2.11. The predicted molar refractivity (Wildman–Crippen MR) is 66.6 cm³/mol. The third-order valence-corrected chi connectivity index (χ3v) is 2.74. The number of amides is 2. The molecule has 0 aliphatic carbocycles. The molecule has 1 fully saturated rings. The Bertz CT molecular complexity index is 475. The Morgan fingerprint density at radius 3 is 2.47 bits per heavy atom. The standard InChI is InChI=1S/C13H14F2N2O2/c14-10-2-1-3-11(15)12(10)17-13(18)16-8-9-4-6-19-7-5-9/h1-3,8H,4-7H2,(H2,16,17,18). The summed E-state index contributed by atoms with van der Waals surface area (Å²) in [5, 5.41) is 4.60. The minimum atomic E-state index is -0.811. The molecule has 1 aliphatic heterocycles. The van der Waals surface area contributed by atoms with Crippen molar-refractivity contribution in [2.45, 2.75) is 12.8 Å². The van der Waals surface area contributed by atoms with Gasteiger partial charge >= 0.3 is 6.03 Å². The molecule has 0 aromatic heterocycles. The van der Waals surface area contributed by atoms with E-state index in [4.69, 9.17) is 4.74 Å². The summed E-state index contributed by atoms with van der Waals surface area (Å²) >= 11 is 0. The van der Waals surface area contributed by atoms with Crippen LogP contribution in [0.3, 0.4) is 0 Å². The molecule has 0 unspecified atom stereocenters. The van der Waals surface area contributed by atoms with Gasteiger partial charge in [0.15, 0.2) is 0 Å².